The SMILES string of the molecule is CN1CCNC(C(=O)N(C)Cc2cccs2)C1. The maximum Gasteiger partial charge on any atom is 0.241 e. The van der Waals surface area contributed by atoms with Crippen molar-refractivity contribution >= 4 is 17.2 Å². The summed E-state index contributed by atoms with van der Waals surface area (Å²) in [6.45, 7) is 3.41. The lowest BCUT2D eigenvalue weighted by molar-refractivity contribution is -0.133. The molecule has 4 nitrogen and oxygen atoms in total. The Morgan fingerprint density at radius 1 is 1.71 bits per heavy atom. The molecule has 17 heavy (non-hydrogen) atoms. The molecule has 0 saturated carbocycles. The third-order valence-electron chi connectivity index (χ3n) is 3.03. The molecule has 2 heterocycles. The maximum absolute atomic E-state index is 12.2. The second-order valence-corrected chi connectivity index (χ2v) is 5.57. The van der Waals surface area contributed by atoms with Gasteiger partial charge >= 0.3 is 0 Å². The second-order valence-electron chi connectivity index (χ2n) is 4.54. The molecule has 1 atom stereocenters. The number of hydrogen-bond donors (Lipinski definition) is 1. The van der Waals surface area contributed by atoms with Crippen molar-refractivity contribution in [1.82, 2.24) is 15.1 Å². The number of rotatable bonds is 3. The van der Waals surface area contributed by atoms with Crippen molar-refractivity contribution in [3.05, 3.63) is 22.4 Å². The van der Waals surface area contributed by atoms with Crippen LogP contribution in [0, 0.1) is 0 Å². The lowest BCUT2D eigenvalue weighted by Crippen LogP contribution is -2.56. The Labute approximate surface area is 106 Å². The van der Waals surface area contributed by atoms with Crippen LogP contribution in [-0.2, 0) is 11.3 Å². The molecule has 5 heteroatoms. The fourth-order valence-corrected chi connectivity index (χ4v) is 2.80. The van der Waals surface area contributed by atoms with Crippen LogP contribution in [0.15, 0.2) is 17.5 Å². The van der Waals surface area contributed by atoms with E-state index in [1.54, 1.807) is 11.3 Å². The number of thiophene rings is 1. The van der Waals surface area contributed by atoms with Gasteiger partial charge in [-0.2, -0.15) is 0 Å². The van der Waals surface area contributed by atoms with E-state index in [4.69, 9.17) is 0 Å². The fourth-order valence-electron chi connectivity index (χ4n) is 2.04. The van der Waals surface area contributed by atoms with Gasteiger partial charge in [0.05, 0.1) is 12.6 Å². The Morgan fingerprint density at radius 2 is 2.53 bits per heavy atom. The number of hydrogen-bond acceptors (Lipinski definition) is 4. The first-order chi connectivity index (χ1) is 8.16. The Balaban J connectivity index is 1.90. The van der Waals surface area contributed by atoms with Crippen molar-refractivity contribution in [3.63, 3.8) is 0 Å². The topological polar surface area (TPSA) is 35.6 Å². The van der Waals surface area contributed by atoms with Crippen LogP contribution >= 0.6 is 11.3 Å². The molecule has 1 saturated heterocycles. The van der Waals surface area contributed by atoms with Crippen LogP contribution in [-0.4, -0.2) is 55.5 Å². The summed E-state index contributed by atoms with van der Waals surface area (Å²) in [6, 6.07) is 4.03. The van der Waals surface area contributed by atoms with Gasteiger partial charge in [0.1, 0.15) is 0 Å². The number of likely N-dealkylation sites (N-methyl/N-ethyl adjacent to an activating group) is 2. The molecule has 1 N–H and O–H groups in total. The van der Waals surface area contributed by atoms with Crippen LogP contribution in [0.4, 0.5) is 0 Å². The van der Waals surface area contributed by atoms with Crippen LogP contribution in [0.1, 0.15) is 4.88 Å². The van der Waals surface area contributed by atoms with Gasteiger partial charge in [-0.05, 0) is 18.5 Å². The lowest BCUT2D eigenvalue weighted by atomic mass is 10.2. The molecule has 1 aliphatic heterocycles. The number of piperazine rings is 1. The van der Waals surface area contributed by atoms with Gasteiger partial charge in [0.2, 0.25) is 5.91 Å². The lowest BCUT2D eigenvalue weighted by Gasteiger charge is -2.32. The summed E-state index contributed by atoms with van der Waals surface area (Å²) in [5, 5.41) is 5.32. The summed E-state index contributed by atoms with van der Waals surface area (Å²) in [6.07, 6.45) is 0. The molecule has 0 aliphatic carbocycles. The largest absolute Gasteiger partial charge is 0.339 e. The zero-order chi connectivity index (χ0) is 12.3. The molecule has 1 fully saturated rings. The quantitative estimate of drug-likeness (QED) is 0.857. The molecule has 1 aliphatic rings. The molecular formula is C12H19N3OS. The van der Waals surface area contributed by atoms with E-state index in [-0.39, 0.29) is 11.9 Å². The van der Waals surface area contributed by atoms with E-state index in [0.29, 0.717) is 6.54 Å². The van der Waals surface area contributed by atoms with Gasteiger partial charge in [0.15, 0.2) is 0 Å². The van der Waals surface area contributed by atoms with E-state index in [0.717, 1.165) is 19.6 Å². The predicted molar refractivity (Wildman–Crippen MR) is 70.1 cm³/mol. The summed E-state index contributed by atoms with van der Waals surface area (Å²) in [4.78, 5) is 17.4. The number of carbonyl (C=O) groups is 1. The summed E-state index contributed by atoms with van der Waals surface area (Å²) in [5.41, 5.74) is 0. The predicted octanol–water partition coefficient (Wildman–Crippen LogP) is 0.610. The molecule has 0 radical (unpaired) electrons. The third kappa shape index (κ3) is 3.28. The molecule has 94 valence electrons. The minimum Gasteiger partial charge on any atom is -0.339 e. The van der Waals surface area contributed by atoms with E-state index in [9.17, 15) is 4.79 Å². The van der Waals surface area contributed by atoms with E-state index < -0.39 is 0 Å². The summed E-state index contributed by atoms with van der Waals surface area (Å²) >= 11 is 1.69. The molecular weight excluding hydrogens is 234 g/mol. The summed E-state index contributed by atoms with van der Waals surface area (Å²) in [5.74, 6) is 0.185. The highest BCUT2D eigenvalue weighted by Crippen LogP contribution is 2.12. The van der Waals surface area contributed by atoms with Crippen LogP contribution in [0.5, 0.6) is 0 Å². The highest BCUT2D eigenvalue weighted by Gasteiger charge is 2.25. The number of nitrogens with one attached hydrogen (secondary N) is 1. The first kappa shape index (κ1) is 12.5. The normalized spacial score (nSPS) is 21.4. The van der Waals surface area contributed by atoms with Gasteiger partial charge in [0.25, 0.3) is 0 Å². The summed E-state index contributed by atoms with van der Waals surface area (Å²) < 4.78 is 0. The highest BCUT2D eigenvalue weighted by atomic mass is 32.1. The molecule has 1 aromatic rings. The average Bonchev–Trinajstić information content (AvgIpc) is 2.80. The zero-order valence-corrected chi connectivity index (χ0v) is 11.2. The number of carbonyl (C=O) groups excluding carboxylic acids is 1. The zero-order valence-electron chi connectivity index (χ0n) is 10.3. The van der Waals surface area contributed by atoms with Gasteiger partial charge in [-0.1, -0.05) is 6.07 Å². The standard InChI is InChI=1S/C12H19N3OS/c1-14-6-5-13-11(9-14)12(16)15(2)8-10-4-3-7-17-10/h3-4,7,11,13H,5-6,8-9H2,1-2H3. The van der Waals surface area contributed by atoms with E-state index in [1.807, 2.05) is 23.4 Å². The minimum absolute atomic E-state index is 0.0567. The van der Waals surface area contributed by atoms with Gasteiger partial charge in [-0.3, -0.25) is 4.79 Å². The van der Waals surface area contributed by atoms with Crippen molar-refractivity contribution in [2.75, 3.05) is 33.7 Å². The van der Waals surface area contributed by atoms with E-state index in [2.05, 4.69) is 23.3 Å². The molecule has 1 unspecified atom stereocenters. The Bertz CT molecular complexity index is 366. The first-order valence-electron chi connectivity index (χ1n) is 5.86. The highest BCUT2D eigenvalue weighted by molar-refractivity contribution is 7.09. The smallest absolute Gasteiger partial charge is 0.241 e. The minimum atomic E-state index is -0.0567. The van der Waals surface area contributed by atoms with Crippen molar-refractivity contribution < 1.29 is 4.79 Å². The van der Waals surface area contributed by atoms with Crippen molar-refractivity contribution in [2.45, 2.75) is 12.6 Å². The molecule has 0 spiro atoms. The van der Waals surface area contributed by atoms with Gasteiger partial charge in [-0.25, -0.2) is 0 Å². The van der Waals surface area contributed by atoms with E-state index in [1.165, 1.54) is 4.88 Å². The molecule has 0 aromatic carbocycles. The van der Waals surface area contributed by atoms with Crippen LogP contribution < -0.4 is 5.32 Å². The van der Waals surface area contributed by atoms with E-state index >= 15 is 0 Å². The molecule has 0 bridgehead atoms. The van der Waals surface area contributed by atoms with Gasteiger partial charge < -0.3 is 15.1 Å². The Morgan fingerprint density at radius 3 is 3.18 bits per heavy atom. The first-order valence-corrected chi connectivity index (χ1v) is 6.74. The van der Waals surface area contributed by atoms with Gasteiger partial charge in [-0.15, -0.1) is 11.3 Å². The van der Waals surface area contributed by atoms with Crippen LogP contribution in [0.25, 0.3) is 0 Å². The Hall–Kier alpha value is -0.910. The number of nitrogens with zero attached hydrogens (tertiary/aromatic N) is 2. The second kappa shape index (κ2) is 5.62. The molecule has 1 amide bonds. The van der Waals surface area contributed by atoms with Crippen molar-refractivity contribution in [3.8, 4) is 0 Å². The van der Waals surface area contributed by atoms with Crippen LogP contribution in [0.2, 0.25) is 0 Å². The third-order valence-corrected chi connectivity index (χ3v) is 3.89. The maximum atomic E-state index is 12.2. The molecule has 2 rings (SSSR count). The average molecular weight is 253 g/mol. The van der Waals surface area contributed by atoms with Crippen molar-refractivity contribution in [1.29, 1.82) is 0 Å². The van der Waals surface area contributed by atoms with Crippen molar-refractivity contribution in [2.24, 2.45) is 0 Å². The van der Waals surface area contributed by atoms with Crippen LogP contribution in [0.3, 0.4) is 0 Å². The number of amides is 1. The summed E-state index contributed by atoms with van der Waals surface area (Å²) in [7, 11) is 3.93. The molecule has 1 aromatic heterocycles. The van der Waals surface area contributed by atoms with Gasteiger partial charge in [0, 0.05) is 31.6 Å². The Kier molecular flexibility index (Phi) is 4.15. The monoisotopic (exact) mass is 253 g/mol. The fraction of sp³-hybridized carbons (Fsp3) is 0.583.